The van der Waals surface area contributed by atoms with Crippen LogP contribution in [0.4, 0.5) is 0 Å². The van der Waals surface area contributed by atoms with Crippen molar-refractivity contribution >= 4 is 17.5 Å². The number of fused-ring (bicyclic) bond motifs is 3. The number of hydrogen-bond acceptors (Lipinski definition) is 3. The molecular formula is C18H25NOS. The third-order valence-electron chi connectivity index (χ3n) is 5.33. The van der Waals surface area contributed by atoms with Crippen molar-refractivity contribution in [3.63, 3.8) is 0 Å². The molecule has 2 nitrogen and oxygen atoms in total. The Labute approximate surface area is 132 Å². The van der Waals surface area contributed by atoms with Gasteiger partial charge in [0.15, 0.2) is 5.78 Å². The maximum absolute atomic E-state index is 13.0. The molecule has 2 aliphatic heterocycles. The van der Waals surface area contributed by atoms with Crippen LogP contribution in [0.5, 0.6) is 0 Å². The molecule has 0 aromatic heterocycles. The van der Waals surface area contributed by atoms with Gasteiger partial charge < -0.3 is 0 Å². The zero-order valence-electron chi connectivity index (χ0n) is 13.4. The number of nitrogens with zero attached hydrogens (tertiary/aromatic N) is 1. The molecule has 0 N–H and O–H groups in total. The molecule has 1 aromatic carbocycles. The van der Waals surface area contributed by atoms with Gasteiger partial charge in [0.25, 0.3) is 0 Å². The van der Waals surface area contributed by atoms with Gasteiger partial charge in [-0.25, -0.2) is 0 Å². The average molecular weight is 303 g/mol. The molecule has 114 valence electrons. The van der Waals surface area contributed by atoms with Crippen LogP contribution >= 0.6 is 11.8 Å². The van der Waals surface area contributed by atoms with E-state index < -0.39 is 0 Å². The fraction of sp³-hybridized carbons (Fsp3) is 0.611. The van der Waals surface area contributed by atoms with E-state index in [1.807, 2.05) is 11.8 Å². The van der Waals surface area contributed by atoms with Gasteiger partial charge in [0.05, 0.1) is 11.4 Å². The first-order valence-corrected chi connectivity index (χ1v) is 8.93. The number of rotatable bonds is 4. The van der Waals surface area contributed by atoms with Gasteiger partial charge >= 0.3 is 0 Å². The van der Waals surface area contributed by atoms with E-state index in [4.69, 9.17) is 0 Å². The highest BCUT2D eigenvalue weighted by Crippen LogP contribution is 2.54. The van der Waals surface area contributed by atoms with Crippen LogP contribution in [-0.4, -0.2) is 28.6 Å². The molecule has 1 saturated heterocycles. The lowest BCUT2D eigenvalue weighted by Gasteiger charge is -2.32. The summed E-state index contributed by atoms with van der Waals surface area (Å²) in [6.45, 7) is 9.45. The molecule has 2 aliphatic rings. The van der Waals surface area contributed by atoms with Crippen molar-refractivity contribution in [3.05, 3.63) is 29.8 Å². The Morgan fingerprint density at radius 1 is 1.33 bits per heavy atom. The minimum atomic E-state index is -0.207. The highest BCUT2D eigenvalue weighted by molar-refractivity contribution is 8.00. The Morgan fingerprint density at radius 2 is 2.05 bits per heavy atom. The van der Waals surface area contributed by atoms with E-state index in [2.05, 4.69) is 56.9 Å². The van der Waals surface area contributed by atoms with Crippen LogP contribution in [0.25, 0.3) is 0 Å². The Bertz CT molecular complexity index is 554. The Kier molecular flexibility index (Phi) is 3.91. The second-order valence-corrected chi connectivity index (χ2v) is 7.99. The van der Waals surface area contributed by atoms with Gasteiger partial charge in [-0.3, -0.25) is 9.69 Å². The second kappa shape index (κ2) is 5.44. The zero-order chi connectivity index (χ0) is 15.2. The van der Waals surface area contributed by atoms with E-state index in [9.17, 15) is 4.79 Å². The molecular weight excluding hydrogens is 278 g/mol. The summed E-state index contributed by atoms with van der Waals surface area (Å²) < 4.78 is 0. The zero-order valence-corrected chi connectivity index (χ0v) is 14.2. The summed E-state index contributed by atoms with van der Waals surface area (Å²) >= 11 is 1.95. The van der Waals surface area contributed by atoms with E-state index in [0.717, 1.165) is 19.4 Å². The summed E-state index contributed by atoms with van der Waals surface area (Å²) in [5.74, 6) is 0.951. The quantitative estimate of drug-likeness (QED) is 0.827. The summed E-state index contributed by atoms with van der Waals surface area (Å²) in [7, 11) is 0. The van der Waals surface area contributed by atoms with Gasteiger partial charge in [0, 0.05) is 16.2 Å². The molecule has 0 bridgehead atoms. The largest absolute Gasteiger partial charge is 0.297 e. The molecule has 21 heavy (non-hydrogen) atoms. The van der Waals surface area contributed by atoms with E-state index in [0.29, 0.717) is 17.1 Å². The third-order valence-corrected chi connectivity index (χ3v) is 6.80. The predicted octanol–water partition coefficient (Wildman–Crippen LogP) is 4.30. The number of likely N-dealkylation sites (N-methyl/N-ethyl adjacent to an activating group) is 1. The van der Waals surface area contributed by atoms with Crippen LogP contribution in [0.2, 0.25) is 0 Å². The van der Waals surface area contributed by atoms with Gasteiger partial charge in [0.2, 0.25) is 0 Å². The third kappa shape index (κ3) is 2.35. The Morgan fingerprint density at radius 3 is 2.71 bits per heavy atom. The SMILES string of the molecule is CCN1C(C(=O)C(C)(C)CC)CC2c3ccccc3SC21. The number of hydrogen-bond donors (Lipinski definition) is 0. The lowest BCUT2D eigenvalue weighted by Crippen LogP contribution is -2.44. The molecule has 3 unspecified atom stereocenters. The summed E-state index contributed by atoms with van der Waals surface area (Å²) in [4.78, 5) is 16.8. The van der Waals surface area contributed by atoms with Gasteiger partial charge in [-0.15, -0.1) is 11.8 Å². The number of Topliss-reactive ketones (excluding diaryl/α,β-unsaturated/α-hetero) is 1. The first-order valence-electron chi connectivity index (χ1n) is 8.05. The average Bonchev–Trinajstić information content (AvgIpc) is 3.01. The van der Waals surface area contributed by atoms with Crippen molar-refractivity contribution in [3.8, 4) is 0 Å². The van der Waals surface area contributed by atoms with Crippen molar-refractivity contribution in [1.82, 2.24) is 4.90 Å². The maximum atomic E-state index is 13.0. The molecule has 3 atom stereocenters. The molecule has 3 heteroatoms. The van der Waals surface area contributed by atoms with Crippen molar-refractivity contribution in [2.24, 2.45) is 5.41 Å². The molecule has 0 radical (unpaired) electrons. The molecule has 1 aromatic rings. The number of ketones is 1. The summed E-state index contributed by atoms with van der Waals surface area (Å²) in [6, 6.07) is 8.81. The van der Waals surface area contributed by atoms with Crippen molar-refractivity contribution in [2.75, 3.05) is 6.54 Å². The van der Waals surface area contributed by atoms with E-state index in [1.165, 1.54) is 10.5 Å². The Balaban J connectivity index is 1.89. The number of carbonyl (C=O) groups is 1. The molecule has 2 heterocycles. The molecule has 0 spiro atoms. The van der Waals surface area contributed by atoms with Gasteiger partial charge in [0.1, 0.15) is 0 Å². The number of likely N-dealkylation sites (tertiary alicyclic amines) is 1. The fourth-order valence-corrected chi connectivity index (χ4v) is 5.26. The minimum Gasteiger partial charge on any atom is -0.297 e. The van der Waals surface area contributed by atoms with E-state index in [-0.39, 0.29) is 11.5 Å². The van der Waals surface area contributed by atoms with Crippen LogP contribution < -0.4 is 0 Å². The van der Waals surface area contributed by atoms with Gasteiger partial charge in [-0.2, -0.15) is 0 Å². The van der Waals surface area contributed by atoms with Crippen LogP contribution in [0.15, 0.2) is 29.2 Å². The Hall–Kier alpha value is -0.800. The monoisotopic (exact) mass is 303 g/mol. The van der Waals surface area contributed by atoms with Gasteiger partial charge in [-0.1, -0.05) is 45.9 Å². The van der Waals surface area contributed by atoms with Crippen molar-refractivity contribution < 1.29 is 4.79 Å². The first-order chi connectivity index (χ1) is 9.99. The van der Waals surface area contributed by atoms with Crippen molar-refractivity contribution in [1.29, 1.82) is 0 Å². The van der Waals surface area contributed by atoms with Crippen LogP contribution in [0.3, 0.4) is 0 Å². The summed E-state index contributed by atoms with van der Waals surface area (Å²) in [5, 5.41) is 0.453. The fourth-order valence-electron chi connectivity index (χ4n) is 3.64. The maximum Gasteiger partial charge on any atom is 0.155 e. The minimum absolute atomic E-state index is 0.0980. The topological polar surface area (TPSA) is 20.3 Å². The van der Waals surface area contributed by atoms with Crippen LogP contribution in [0.1, 0.15) is 52.0 Å². The number of thioether (sulfide) groups is 1. The lowest BCUT2D eigenvalue weighted by molar-refractivity contribution is -0.131. The van der Waals surface area contributed by atoms with E-state index in [1.54, 1.807) is 0 Å². The number of carbonyl (C=O) groups excluding carboxylic acids is 1. The normalized spacial score (nSPS) is 28.5. The van der Waals surface area contributed by atoms with E-state index >= 15 is 0 Å². The smallest absolute Gasteiger partial charge is 0.155 e. The predicted molar refractivity (Wildman–Crippen MR) is 88.7 cm³/mol. The molecule has 0 amide bonds. The van der Waals surface area contributed by atoms with Crippen LogP contribution in [-0.2, 0) is 4.79 Å². The summed E-state index contributed by atoms with van der Waals surface area (Å²) in [5.41, 5.74) is 1.25. The number of benzene rings is 1. The molecule has 0 aliphatic carbocycles. The van der Waals surface area contributed by atoms with Gasteiger partial charge in [-0.05, 0) is 31.0 Å². The highest BCUT2D eigenvalue weighted by atomic mass is 32.2. The molecule has 1 fully saturated rings. The first kappa shape index (κ1) is 15.1. The lowest BCUT2D eigenvalue weighted by atomic mass is 9.80. The molecule has 3 rings (SSSR count). The summed E-state index contributed by atoms with van der Waals surface area (Å²) in [6.07, 6.45) is 1.91. The second-order valence-electron chi connectivity index (χ2n) is 6.84. The van der Waals surface area contributed by atoms with Crippen LogP contribution in [0, 0.1) is 5.41 Å². The molecule has 0 saturated carbocycles. The van der Waals surface area contributed by atoms with Crippen molar-refractivity contribution in [2.45, 2.75) is 62.8 Å². The highest BCUT2D eigenvalue weighted by Gasteiger charge is 2.50. The standard InChI is InChI=1S/C18H25NOS/c1-5-18(3,4)16(20)14-11-13-12-9-7-8-10-15(12)21-17(13)19(14)6-2/h7-10,13-14,17H,5-6,11H2,1-4H3.